The highest BCUT2D eigenvalue weighted by Crippen LogP contribution is 2.38. The van der Waals surface area contributed by atoms with Gasteiger partial charge in [0.05, 0.1) is 11.3 Å². The van der Waals surface area contributed by atoms with Crippen molar-refractivity contribution in [1.29, 1.82) is 0 Å². The van der Waals surface area contributed by atoms with Gasteiger partial charge in [-0.1, -0.05) is 12.1 Å². The number of anilines is 1. The molecule has 1 aromatic carbocycles. The quantitative estimate of drug-likeness (QED) is 0.761. The molecule has 29 heavy (non-hydrogen) atoms. The van der Waals surface area contributed by atoms with Crippen molar-refractivity contribution in [2.24, 2.45) is 17.0 Å². The summed E-state index contributed by atoms with van der Waals surface area (Å²) in [4.78, 5) is 18.6. The predicted octanol–water partition coefficient (Wildman–Crippen LogP) is 2.36. The highest BCUT2D eigenvalue weighted by atomic mass is 19.1. The molecule has 0 saturated carbocycles. The van der Waals surface area contributed by atoms with E-state index in [1.165, 1.54) is 13.2 Å². The third kappa shape index (κ3) is 3.66. The van der Waals surface area contributed by atoms with Crippen molar-refractivity contribution >= 4 is 11.4 Å². The molecule has 0 radical (unpaired) electrons. The van der Waals surface area contributed by atoms with Crippen LogP contribution in [0.2, 0.25) is 0 Å². The van der Waals surface area contributed by atoms with Gasteiger partial charge in [0.1, 0.15) is 12.9 Å². The summed E-state index contributed by atoms with van der Waals surface area (Å²) in [6.45, 7) is 7.14. The van der Waals surface area contributed by atoms with Gasteiger partial charge in [-0.3, -0.25) is 0 Å². The predicted molar refractivity (Wildman–Crippen MR) is 108 cm³/mol. The minimum atomic E-state index is -0.673. The number of nitrogens with one attached hydrogen (secondary N) is 2. The molecule has 2 N–H and O–H groups in total. The third-order valence-electron chi connectivity index (χ3n) is 6.11. The van der Waals surface area contributed by atoms with Crippen molar-refractivity contribution in [1.82, 2.24) is 15.5 Å². The Balaban J connectivity index is 1.80. The zero-order valence-corrected chi connectivity index (χ0v) is 16.9. The number of piperidine rings is 1. The first-order chi connectivity index (χ1) is 14.0. The largest absolute Gasteiger partial charge is 0.434 e. The molecule has 8 nitrogen and oxygen atoms in total. The Morgan fingerprint density at radius 2 is 2.28 bits per heavy atom. The first-order valence-corrected chi connectivity index (χ1v) is 9.96. The Bertz CT molecular complexity index is 969. The van der Waals surface area contributed by atoms with E-state index in [1.54, 1.807) is 0 Å². The molecular formula is C20H26FN5O3. The number of aromatic nitrogens is 2. The van der Waals surface area contributed by atoms with Crippen LogP contribution in [0, 0.1) is 17.7 Å². The van der Waals surface area contributed by atoms with Crippen LogP contribution in [-0.4, -0.2) is 48.7 Å². The van der Waals surface area contributed by atoms with Gasteiger partial charge in [0.15, 0.2) is 0 Å². The Kier molecular flexibility index (Phi) is 5.40. The van der Waals surface area contributed by atoms with Crippen molar-refractivity contribution in [3.8, 4) is 11.5 Å². The van der Waals surface area contributed by atoms with Crippen LogP contribution < -0.4 is 16.0 Å². The SMILES string of the molecule is CO/N=C1\CCN([C@@H](C)[C@H]2CCNC[C@H]2C)c2cc(-c3n[nH]c(=O)o3)cc(F)c21. The summed E-state index contributed by atoms with van der Waals surface area (Å²) in [5.41, 5.74) is 2.16. The molecule has 1 saturated heterocycles. The average Bonchev–Trinajstić information content (AvgIpc) is 3.14. The number of oxime groups is 1. The van der Waals surface area contributed by atoms with E-state index in [2.05, 4.69) is 39.4 Å². The maximum Gasteiger partial charge on any atom is 0.434 e. The van der Waals surface area contributed by atoms with Crippen molar-refractivity contribution in [2.75, 3.05) is 31.6 Å². The first kappa shape index (κ1) is 19.6. The second kappa shape index (κ2) is 7.98. The second-order valence-corrected chi connectivity index (χ2v) is 7.81. The van der Waals surface area contributed by atoms with Gasteiger partial charge in [0, 0.05) is 30.3 Å². The Hall–Kier alpha value is -2.68. The van der Waals surface area contributed by atoms with Gasteiger partial charge in [0.25, 0.3) is 0 Å². The Morgan fingerprint density at radius 3 is 2.97 bits per heavy atom. The van der Waals surface area contributed by atoms with Crippen LogP contribution in [0.1, 0.15) is 32.3 Å². The van der Waals surface area contributed by atoms with Gasteiger partial charge in [0.2, 0.25) is 5.89 Å². The number of rotatable bonds is 4. The lowest BCUT2D eigenvalue weighted by Gasteiger charge is -2.43. The van der Waals surface area contributed by atoms with Crippen molar-refractivity contribution < 1.29 is 13.6 Å². The molecule has 2 aromatic rings. The van der Waals surface area contributed by atoms with E-state index >= 15 is 4.39 Å². The fourth-order valence-electron chi connectivity index (χ4n) is 4.66. The van der Waals surface area contributed by atoms with Gasteiger partial charge in [-0.15, -0.1) is 5.10 Å². The van der Waals surface area contributed by atoms with Gasteiger partial charge < -0.3 is 19.5 Å². The lowest BCUT2D eigenvalue weighted by Crippen LogP contribution is -2.49. The van der Waals surface area contributed by atoms with Crippen molar-refractivity contribution in [3.63, 3.8) is 0 Å². The van der Waals surface area contributed by atoms with Gasteiger partial charge >= 0.3 is 5.76 Å². The number of benzene rings is 1. The van der Waals surface area contributed by atoms with E-state index in [0.29, 0.717) is 41.6 Å². The number of halogens is 1. The van der Waals surface area contributed by atoms with Crippen LogP contribution >= 0.6 is 0 Å². The first-order valence-electron chi connectivity index (χ1n) is 9.96. The van der Waals surface area contributed by atoms with Crippen LogP contribution in [0.15, 0.2) is 26.5 Å². The second-order valence-electron chi connectivity index (χ2n) is 7.81. The number of hydrogen-bond donors (Lipinski definition) is 2. The number of H-pyrrole nitrogens is 1. The molecule has 2 aliphatic heterocycles. The number of hydrogen-bond acceptors (Lipinski definition) is 7. The molecule has 3 atom stereocenters. The molecule has 0 bridgehead atoms. The molecular weight excluding hydrogens is 377 g/mol. The van der Waals surface area contributed by atoms with E-state index < -0.39 is 11.6 Å². The fraction of sp³-hybridized carbons (Fsp3) is 0.550. The van der Waals surface area contributed by atoms with Gasteiger partial charge in [-0.2, -0.15) is 0 Å². The minimum Gasteiger partial charge on any atom is -0.399 e. The summed E-state index contributed by atoms with van der Waals surface area (Å²) in [5.74, 6) is -0.0354. The Morgan fingerprint density at radius 1 is 1.45 bits per heavy atom. The van der Waals surface area contributed by atoms with Crippen LogP contribution in [0.5, 0.6) is 0 Å². The van der Waals surface area contributed by atoms with E-state index in [4.69, 9.17) is 9.25 Å². The summed E-state index contributed by atoms with van der Waals surface area (Å²) in [7, 11) is 1.46. The molecule has 3 heterocycles. The summed E-state index contributed by atoms with van der Waals surface area (Å²) in [6, 6.07) is 3.37. The molecule has 0 aliphatic carbocycles. The summed E-state index contributed by atoms with van der Waals surface area (Å²) in [6.07, 6.45) is 1.67. The van der Waals surface area contributed by atoms with Crippen LogP contribution in [0.25, 0.3) is 11.5 Å². The van der Waals surface area contributed by atoms with Crippen molar-refractivity contribution in [2.45, 2.75) is 32.7 Å². The zero-order valence-electron chi connectivity index (χ0n) is 16.9. The maximum atomic E-state index is 15.2. The molecule has 0 unspecified atom stereocenters. The third-order valence-corrected chi connectivity index (χ3v) is 6.11. The molecule has 156 valence electrons. The van der Waals surface area contributed by atoms with Gasteiger partial charge in [-0.05, 0) is 50.4 Å². The summed E-state index contributed by atoms with van der Waals surface area (Å²) < 4.78 is 20.3. The topological polar surface area (TPSA) is 95.7 Å². The molecule has 9 heteroatoms. The minimum absolute atomic E-state index is 0.0651. The lowest BCUT2D eigenvalue weighted by atomic mass is 9.81. The Labute approximate surface area is 168 Å². The van der Waals surface area contributed by atoms with Crippen LogP contribution in [0.3, 0.4) is 0 Å². The molecule has 1 aromatic heterocycles. The molecule has 2 aliphatic rings. The van der Waals surface area contributed by atoms with E-state index in [1.807, 2.05) is 6.07 Å². The monoisotopic (exact) mass is 403 g/mol. The number of nitrogens with zero attached hydrogens (tertiary/aromatic N) is 3. The average molecular weight is 403 g/mol. The highest BCUT2D eigenvalue weighted by Gasteiger charge is 2.35. The van der Waals surface area contributed by atoms with Crippen LogP contribution in [0.4, 0.5) is 10.1 Å². The highest BCUT2D eigenvalue weighted by molar-refractivity contribution is 6.07. The molecule has 0 spiro atoms. The molecule has 4 rings (SSSR count). The molecule has 0 amide bonds. The maximum absolute atomic E-state index is 15.2. The smallest absolute Gasteiger partial charge is 0.399 e. The normalized spacial score (nSPS) is 24.4. The standard InChI is InChI=1S/C20H26FN5O3/c1-11-10-22-6-4-14(11)12(2)26-7-5-16(25-28-3)18-15(21)8-13(9-17(18)26)19-23-24-20(27)29-19/h8-9,11-12,14,22H,4-7,10H2,1-3H3,(H,24,27)/b25-16+/t11-,12+,14+/m1/s1. The molecule has 1 fully saturated rings. The van der Waals surface area contributed by atoms with E-state index in [0.717, 1.165) is 25.2 Å². The summed E-state index contributed by atoms with van der Waals surface area (Å²) in [5, 5.41) is 13.6. The van der Waals surface area contributed by atoms with E-state index in [9.17, 15) is 4.79 Å². The fourth-order valence-corrected chi connectivity index (χ4v) is 4.66. The van der Waals surface area contributed by atoms with E-state index in [-0.39, 0.29) is 11.9 Å². The lowest BCUT2D eigenvalue weighted by molar-refractivity contribution is 0.212. The van der Waals surface area contributed by atoms with Gasteiger partial charge in [-0.25, -0.2) is 14.3 Å². The summed E-state index contributed by atoms with van der Waals surface area (Å²) >= 11 is 0. The zero-order chi connectivity index (χ0) is 20.5. The van der Waals surface area contributed by atoms with Crippen LogP contribution in [-0.2, 0) is 4.84 Å². The van der Waals surface area contributed by atoms with Crippen molar-refractivity contribution in [3.05, 3.63) is 34.1 Å². The number of aromatic amines is 1. The number of fused-ring (bicyclic) bond motifs is 1.